The monoisotopic (exact) mass is 210 g/mol. The molecule has 1 atom stereocenters. The normalized spacial score (nSPS) is 12.5. The van der Waals surface area contributed by atoms with E-state index in [2.05, 4.69) is 26.8 Å². The minimum absolute atomic E-state index is 0.178. The van der Waals surface area contributed by atoms with Crippen LogP contribution in [-0.2, 0) is 9.53 Å². The van der Waals surface area contributed by atoms with E-state index in [0.717, 1.165) is 12.8 Å². The summed E-state index contributed by atoms with van der Waals surface area (Å²) in [6.45, 7) is 8.18. The number of hydrogen-bond donors (Lipinski definition) is 0. The van der Waals surface area contributed by atoms with Crippen LogP contribution >= 0.6 is 0 Å². The van der Waals surface area contributed by atoms with E-state index >= 15 is 0 Å². The smallest absolute Gasteiger partial charge is 0.310 e. The van der Waals surface area contributed by atoms with Crippen molar-refractivity contribution in [3.8, 4) is 0 Å². The van der Waals surface area contributed by atoms with Gasteiger partial charge in [0.2, 0.25) is 0 Å². The van der Waals surface area contributed by atoms with E-state index < -0.39 is 0 Å². The summed E-state index contributed by atoms with van der Waals surface area (Å²) in [5.41, 5.74) is 1.35. The fraction of sp³-hybridized carbons (Fsp3) is 0.615. The molecule has 86 valence electrons. The predicted octanol–water partition coefficient (Wildman–Crippen LogP) is 3.84. The van der Waals surface area contributed by atoms with Crippen LogP contribution in [0.4, 0.5) is 0 Å². The molecule has 0 saturated carbocycles. The number of hydrogen-bond acceptors (Lipinski definition) is 2. The van der Waals surface area contributed by atoms with Gasteiger partial charge >= 0.3 is 5.97 Å². The topological polar surface area (TPSA) is 26.3 Å². The van der Waals surface area contributed by atoms with Crippen LogP contribution < -0.4 is 0 Å². The molecule has 0 rings (SSSR count). The van der Waals surface area contributed by atoms with Crippen LogP contribution in [0, 0.1) is 5.92 Å². The minimum atomic E-state index is -0.178. The quantitative estimate of drug-likeness (QED) is 0.378. The Morgan fingerprint density at radius 1 is 1.33 bits per heavy atom. The molecule has 0 N–H and O–H groups in total. The average Bonchev–Trinajstić information content (AvgIpc) is 2.21. The molecule has 0 radical (unpaired) electrons. The largest absolute Gasteiger partial charge is 0.435 e. The average molecular weight is 210 g/mol. The van der Waals surface area contributed by atoms with Crippen molar-refractivity contribution in [2.75, 3.05) is 0 Å². The first-order valence-electron chi connectivity index (χ1n) is 5.54. The Kier molecular flexibility index (Phi) is 7.69. The van der Waals surface area contributed by atoms with Gasteiger partial charge in [-0.3, -0.25) is 4.79 Å². The van der Waals surface area contributed by atoms with Gasteiger partial charge in [0.15, 0.2) is 0 Å². The molecule has 0 aliphatic carbocycles. The Morgan fingerprint density at radius 2 is 2.00 bits per heavy atom. The SMILES string of the molecule is CCC(=O)O/C=C/CC(C)CC=C(C)C. The summed E-state index contributed by atoms with van der Waals surface area (Å²) in [5.74, 6) is 0.416. The molecule has 0 bridgehead atoms. The van der Waals surface area contributed by atoms with E-state index in [9.17, 15) is 4.79 Å². The van der Waals surface area contributed by atoms with Crippen molar-refractivity contribution in [3.63, 3.8) is 0 Å². The Hall–Kier alpha value is -1.05. The highest BCUT2D eigenvalue weighted by Gasteiger charge is 1.97. The van der Waals surface area contributed by atoms with Gasteiger partial charge in [-0.25, -0.2) is 0 Å². The maximum atomic E-state index is 10.8. The van der Waals surface area contributed by atoms with Gasteiger partial charge in [0, 0.05) is 6.42 Å². The second-order valence-electron chi connectivity index (χ2n) is 4.07. The predicted molar refractivity (Wildman–Crippen MR) is 63.4 cm³/mol. The summed E-state index contributed by atoms with van der Waals surface area (Å²) >= 11 is 0. The Labute approximate surface area is 93.0 Å². The summed E-state index contributed by atoms with van der Waals surface area (Å²) < 4.78 is 4.83. The molecule has 0 aliphatic rings. The van der Waals surface area contributed by atoms with Crippen LogP contribution in [0.1, 0.15) is 47.0 Å². The summed E-state index contributed by atoms with van der Waals surface area (Å²) in [7, 11) is 0. The van der Waals surface area contributed by atoms with Gasteiger partial charge in [0.1, 0.15) is 0 Å². The maximum Gasteiger partial charge on any atom is 0.310 e. The van der Waals surface area contributed by atoms with Crippen molar-refractivity contribution < 1.29 is 9.53 Å². The molecule has 15 heavy (non-hydrogen) atoms. The van der Waals surface area contributed by atoms with Crippen molar-refractivity contribution in [2.45, 2.75) is 47.0 Å². The highest BCUT2D eigenvalue weighted by Crippen LogP contribution is 2.10. The molecule has 0 saturated heterocycles. The van der Waals surface area contributed by atoms with Crippen LogP contribution in [0.2, 0.25) is 0 Å². The van der Waals surface area contributed by atoms with Crippen molar-refractivity contribution in [2.24, 2.45) is 5.92 Å². The standard InChI is InChI=1S/C13H22O2/c1-5-13(14)15-10-6-7-12(4)9-8-11(2)3/h6,8,10,12H,5,7,9H2,1-4H3/b10-6+. The zero-order valence-electron chi connectivity index (χ0n) is 10.2. The van der Waals surface area contributed by atoms with E-state index in [1.807, 2.05) is 6.08 Å². The molecule has 2 nitrogen and oxygen atoms in total. The van der Waals surface area contributed by atoms with Crippen LogP contribution in [0.5, 0.6) is 0 Å². The summed E-state index contributed by atoms with van der Waals surface area (Å²) in [4.78, 5) is 10.8. The number of ether oxygens (including phenoxy) is 1. The highest BCUT2D eigenvalue weighted by molar-refractivity contribution is 5.69. The van der Waals surface area contributed by atoms with Crippen LogP contribution in [-0.4, -0.2) is 5.97 Å². The first-order valence-corrected chi connectivity index (χ1v) is 5.54. The number of allylic oxidation sites excluding steroid dienone is 3. The fourth-order valence-electron chi connectivity index (χ4n) is 1.03. The van der Waals surface area contributed by atoms with Gasteiger partial charge in [0.05, 0.1) is 6.26 Å². The van der Waals surface area contributed by atoms with Crippen molar-refractivity contribution in [3.05, 3.63) is 24.0 Å². The molecule has 0 aromatic rings. The lowest BCUT2D eigenvalue weighted by atomic mass is 10.0. The van der Waals surface area contributed by atoms with Gasteiger partial charge in [-0.15, -0.1) is 0 Å². The molecule has 0 fully saturated rings. The van der Waals surface area contributed by atoms with E-state index in [1.165, 1.54) is 11.8 Å². The van der Waals surface area contributed by atoms with Crippen LogP contribution in [0.25, 0.3) is 0 Å². The molecule has 1 unspecified atom stereocenters. The molecule has 2 heteroatoms. The van der Waals surface area contributed by atoms with Gasteiger partial charge in [-0.05, 0) is 38.7 Å². The Morgan fingerprint density at radius 3 is 2.53 bits per heavy atom. The minimum Gasteiger partial charge on any atom is -0.435 e. The van der Waals surface area contributed by atoms with Crippen molar-refractivity contribution >= 4 is 5.97 Å². The summed E-state index contributed by atoms with van der Waals surface area (Å²) in [5, 5.41) is 0. The van der Waals surface area contributed by atoms with Crippen LogP contribution in [0.15, 0.2) is 24.0 Å². The van der Waals surface area contributed by atoms with E-state index in [-0.39, 0.29) is 5.97 Å². The summed E-state index contributed by atoms with van der Waals surface area (Å²) in [6, 6.07) is 0. The Bertz CT molecular complexity index is 235. The molecular formula is C13H22O2. The molecule has 0 aliphatic heterocycles. The number of carbonyl (C=O) groups is 1. The fourth-order valence-corrected chi connectivity index (χ4v) is 1.03. The second kappa shape index (κ2) is 8.27. The maximum absolute atomic E-state index is 10.8. The van der Waals surface area contributed by atoms with Gasteiger partial charge in [-0.2, -0.15) is 0 Å². The highest BCUT2D eigenvalue weighted by atomic mass is 16.5. The lowest BCUT2D eigenvalue weighted by Gasteiger charge is -2.04. The van der Waals surface area contributed by atoms with E-state index in [4.69, 9.17) is 4.74 Å². The molecule has 0 heterocycles. The van der Waals surface area contributed by atoms with E-state index in [0.29, 0.717) is 12.3 Å². The lowest BCUT2D eigenvalue weighted by Crippen LogP contribution is -1.96. The first-order chi connectivity index (χ1) is 7.06. The number of rotatable bonds is 6. The third-order valence-corrected chi connectivity index (χ3v) is 2.05. The number of carbonyl (C=O) groups excluding carboxylic acids is 1. The lowest BCUT2D eigenvalue weighted by molar-refractivity contribution is -0.137. The third-order valence-electron chi connectivity index (χ3n) is 2.05. The van der Waals surface area contributed by atoms with Crippen molar-refractivity contribution in [1.82, 2.24) is 0 Å². The van der Waals surface area contributed by atoms with Gasteiger partial charge in [0.25, 0.3) is 0 Å². The molecule has 0 aromatic carbocycles. The molecule has 0 spiro atoms. The van der Waals surface area contributed by atoms with Crippen molar-refractivity contribution in [1.29, 1.82) is 0 Å². The first kappa shape index (κ1) is 13.9. The Balaban J connectivity index is 3.66. The second-order valence-corrected chi connectivity index (χ2v) is 4.07. The molecule has 0 amide bonds. The zero-order valence-corrected chi connectivity index (χ0v) is 10.2. The third kappa shape index (κ3) is 9.26. The molecular weight excluding hydrogens is 188 g/mol. The van der Waals surface area contributed by atoms with E-state index in [1.54, 1.807) is 6.92 Å². The zero-order chi connectivity index (χ0) is 11.7. The van der Waals surface area contributed by atoms with Gasteiger partial charge in [-0.1, -0.05) is 25.5 Å². The van der Waals surface area contributed by atoms with Crippen LogP contribution in [0.3, 0.4) is 0 Å². The van der Waals surface area contributed by atoms with Gasteiger partial charge < -0.3 is 4.74 Å². The number of esters is 1. The summed E-state index contributed by atoms with van der Waals surface area (Å²) in [6.07, 6.45) is 8.10. The molecule has 0 aromatic heterocycles.